The van der Waals surface area contributed by atoms with Crippen molar-refractivity contribution in [2.75, 3.05) is 6.54 Å². The number of hydrogen-bond donors (Lipinski definition) is 1. The standard InChI is InChI=1S/C17H20FN/c1-4-19-17(11-12(2)3)15-9-10-16(18)14-8-6-5-7-13(14)15/h5-11,17,19H,4H2,1-3H3. The van der Waals surface area contributed by atoms with E-state index >= 15 is 0 Å². The van der Waals surface area contributed by atoms with Crippen LogP contribution in [0.15, 0.2) is 48.0 Å². The van der Waals surface area contributed by atoms with Crippen molar-refractivity contribution in [2.24, 2.45) is 0 Å². The zero-order valence-electron chi connectivity index (χ0n) is 11.7. The molecule has 0 saturated carbocycles. The molecule has 1 unspecified atom stereocenters. The van der Waals surface area contributed by atoms with Gasteiger partial charge in [0.2, 0.25) is 0 Å². The van der Waals surface area contributed by atoms with Gasteiger partial charge >= 0.3 is 0 Å². The maximum absolute atomic E-state index is 13.8. The summed E-state index contributed by atoms with van der Waals surface area (Å²) in [5.74, 6) is -0.160. The fourth-order valence-corrected chi connectivity index (χ4v) is 2.37. The third kappa shape index (κ3) is 3.02. The van der Waals surface area contributed by atoms with Crippen molar-refractivity contribution in [3.63, 3.8) is 0 Å². The molecule has 0 fully saturated rings. The lowest BCUT2D eigenvalue weighted by atomic mass is 9.97. The first-order valence-electron chi connectivity index (χ1n) is 6.69. The van der Waals surface area contributed by atoms with E-state index < -0.39 is 0 Å². The highest BCUT2D eigenvalue weighted by atomic mass is 19.1. The summed E-state index contributed by atoms with van der Waals surface area (Å²) in [4.78, 5) is 0. The van der Waals surface area contributed by atoms with Crippen LogP contribution in [0.4, 0.5) is 4.39 Å². The van der Waals surface area contributed by atoms with Gasteiger partial charge in [-0.2, -0.15) is 0 Å². The van der Waals surface area contributed by atoms with Crippen molar-refractivity contribution >= 4 is 10.8 Å². The lowest BCUT2D eigenvalue weighted by molar-refractivity contribution is 0.631. The molecule has 0 aliphatic heterocycles. The molecule has 2 aromatic rings. The molecule has 1 N–H and O–H groups in total. The second kappa shape index (κ2) is 5.98. The molecule has 0 bridgehead atoms. The van der Waals surface area contributed by atoms with E-state index in [0.29, 0.717) is 5.39 Å². The Morgan fingerprint density at radius 3 is 2.47 bits per heavy atom. The van der Waals surface area contributed by atoms with E-state index in [2.05, 4.69) is 32.2 Å². The number of likely N-dealkylation sites (N-methyl/N-ethyl adjacent to an activating group) is 1. The first-order valence-corrected chi connectivity index (χ1v) is 6.69. The summed E-state index contributed by atoms with van der Waals surface area (Å²) >= 11 is 0. The van der Waals surface area contributed by atoms with Gasteiger partial charge in [0.25, 0.3) is 0 Å². The molecule has 2 aromatic carbocycles. The van der Waals surface area contributed by atoms with Gasteiger partial charge in [-0.15, -0.1) is 0 Å². The minimum absolute atomic E-state index is 0.125. The summed E-state index contributed by atoms with van der Waals surface area (Å²) in [5.41, 5.74) is 2.37. The Morgan fingerprint density at radius 1 is 1.16 bits per heavy atom. The molecule has 0 aliphatic carbocycles. The highest BCUT2D eigenvalue weighted by molar-refractivity contribution is 5.86. The third-order valence-corrected chi connectivity index (χ3v) is 3.16. The number of rotatable bonds is 4. The van der Waals surface area contributed by atoms with Crippen LogP contribution in [0.25, 0.3) is 10.8 Å². The lowest BCUT2D eigenvalue weighted by Gasteiger charge is -2.18. The van der Waals surface area contributed by atoms with Gasteiger partial charge in [0, 0.05) is 5.39 Å². The van der Waals surface area contributed by atoms with Crippen LogP contribution < -0.4 is 5.32 Å². The predicted molar refractivity (Wildman–Crippen MR) is 79.8 cm³/mol. The first kappa shape index (κ1) is 13.8. The van der Waals surface area contributed by atoms with Gasteiger partial charge in [0.15, 0.2) is 0 Å². The molecule has 0 saturated heterocycles. The fraction of sp³-hybridized carbons (Fsp3) is 0.294. The zero-order chi connectivity index (χ0) is 13.8. The molecule has 1 atom stereocenters. The molecule has 0 spiro atoms. The Morgan fingerprint density at radius 2 is 1.84 bits per heavy atom. The Kier molecular flexibility index (Phi) is 4.33. The molecule has 19 heavy (non-hydrogen) atoms. The topological polar surface area (TPSA) is 12.0 Å². The van der Waals surface area contributed by atoms with Crippen molar-refractivity contribution in [1.82, 2.24) is 5.32 Å². The normalized spacial score (nSPS) is 12.4. The van der Waals surface area contributed by atoms with E-state index in [1.54, 1.807) is 6.07 Å². The highest BCUT2D eigenvalue weighted by Gasteiger charge is 2.12. The van der Waals surface area contributed by atoms with Crippen molar-refractivity contribution in [2.45, 2.75) is 26.8 Å². The van der Waals surface area contributed by atoms with E-state index in [4.69, 9.17) is 0 Å². The monoisotopic (exact) mass is 257 g/mol. The molecule has 0 aromatic heterocycles. The van der Waals surface area contributed by atoms with Gasteiger partial charge in [0.1, 0.15) is 5.82 Å². The summed E-state index contributed by atoms with van der Waals surface area (Å²) in [6.45, 7) is 7.11. The van der Waals surface area contributed by atoms with Gasteiger partial charge < -0.3 is 5.32 Å². The van der Waals surface area contributed by atoms with Gasteiger partial charge in [-0.3, -0.25) is 0 Å². The molecule has 0 radical (unpaired) electrons. The molecule has 2 rings (SSSR count). The summed E-state index contributed by atoms with van der Waals surface area (Å²) in [7, 11) is 0. The number of benzene rings is 2. The molecular formula is C17H20FN. The minimum Gasteiger partial charge on any atom is -0.307 e. The Hall–Kier alpha value is -1.67. The minimum atomic E-state index is -0.160. The average molecular weight is 257 g/mol. The van der Waals surface area contributed by atoms with Crippen LogP contribution in [0, 0.1) is 5.82 Å². The van der Waals surface area contributed by atoms with E-state index in [-0.39, 0.29) is 11.9 Å². The second-order valence-corrected chi connectivity index (χ2v) is 4.96. The first-order chi connectivity index (χ1) is 9.13. The number of fused-ring (bicyclic) bond motifs is 1. The maximum Gasteiger partial charge on any atom is 0.131 e. The van der Waals surface area contributed by atoms with Crippen LogP contribution in [-0.2, 0) is 0 Å². The Balaban J connectivity index is 2.60. The Bertz CT molecular complexity index is 597. The van der Waals surface area contributed by atoms with Crippen molar-refractivity contribution in [3.8, 4) is 0 Å². The smallest absolute Gasteiger partial charge is 0.131 e. The maximum atomic E-state index is 13.8. The van der Waals surface area contributed by atoms with Gasteiger partial charge in [-0.1, -0.05) is 48.9 Å². The summed E-state index contributed by atoms with van der Waals surface area (Å²) in [6, 6.07) is 11.2. The van der Waals surface area contributed by atoms with Crippen LogP contribution >= 0.6 is 0 Å². The van der Waals surface area contributed by atoms with Crippen LogP contribution in [0.3, 0.4) is 0 Å². The molecule has 1 nitrogen and oxygen atoms in total. The van der Waals surface area contributed by atoms with Gasteiger partial charge in [-0.25, -0.2) is 4.39 Å². The van der Waals surface area contributed by atoms with E-state index in [0.717, 1.165) is 17.5 Å². The quantitative estimate of drug-likeness (QED) is 0.789. The molecule has 2 heteroatoms. The van der Waals surface area contributed by atoms with E-state index in [1.807, 2.05) is 30.3 Å². The van der Waals surface area contributed by atoms with Crippen LogP contribution in [0.5, 0.6) is 0 Å². The molecule has 0 heterocycles. The Labute approximate surface area is 114 Å². The van der Waals surface area contributed by atoms with Crippen molar-refractivity contribution < 1.29 is 4.39 Å². The highest BCUT2D eigenvalue weighted by Crippen LogP contribution is 2.27. The number of halogens is 1. The van der Waals surface area contributed by atoms with Gasteiger partial charge in [0.05, 0.1) is 6.04 Å². The van der Waals surface area contributed by atoms with Crippen LogP contribution in [-0.4, -0.2) is 6.54 Å². The summed E-state index contributed by atoms with van der Waals surface area (Å²) in [5, 5.41) is 5.11. The number of allylic oxidation sites excluding steroid dienone is 1. The van der Waals surface area contributed by atoms with Crippen LogP contribution in [0.1, 0.15) is 32.4 Å². The molecule has 100 valence electrons. The molecule has 0 amide bonds. The predicted octanol–water partition coefficient (Wildman–Crippen LogP) is 4.60. The van der Waals surface area contributed by atoms with Crippen molar-refractivity contribution in [1.29, 1.82) is 0 Å². The molecule has 0 aliphatic rings. The number of nitrogens with one attached hydrogen (secondary N) is 1. The summed E-state index contributed by atoms with van der Waals surface area (Å²) < 4.78 is 13.8. The van der Waals surface area contributed by atoms with Crippen LogP contribution in [0.2, 0.25) is 0 Å². The summed E-state index contributed by atoms with van der Waals surface area (Å²) in [6.07, 6.45) is 2.18. The third-order valence-electron chi connectivity index (χ3n) is 3.16. The zero-order valence-corrected chi connectivity index (χ0v) is 11.7. The largest absolute Gasteiger partial charge is 0.307 e. The van der Waals surface area contributed by atoms with E-state index in [1.165, 1.54) is 5.57 Å². The number of hydrogen-bond acceptors (Lipinski definition) is 1. The van der Waals surface area contributed by atoms with E-state index in [9.17, 15) is 4.39 Å². The molecular weight excluding hydrogens is 237 g/mol. The van der Waals surface area contributed by atoms with Gasteiger partial charge in [-0.05, 0) is 37.4 Å². The SMILES string of the molecule is CCNC(C=C(C)C)c1ccc(F)c2ccccc12. The lowest BCUT2D eigenvalue weighted by Crippen LogP contribution is -2.19. The van der Waals surface area contributed by atoms with Crippen molar-refractivity contribution in [3.05, 3.63) is 59.4 Å². The fourth-order valence-electron chi connectivity index (χ4n) is 2.37. The second-order valence-electron chi connectivity index (χ2n) is 4.96. The average Bonchev–Trinajstić information content (AvgIpc) is 2.39.